The van der Waals surface area contributed by atoms with Gasteiger partial charge >= 0.3 is 0 Å². The topological polar surface area (TPSA) is 12.4 Å². The summed E-state index contributed by atoms with van der Waals surface area (Å²) >= 11 is 1.88. The van der Waals surface area contributed by atoms with Crippen molar-refractivity contribution >= 4 is 38.2 Å². The van der Waals surface area contributed by atoms with Crippen molar-refractivity contribution in [3.05, 3.63) is 83.4 Å². The summed E-state index contributed by atoms with van der Waals surface area (Å²) in [7, 11) is 0. The summed E-state index contributed by atoms with van der Waals surface area (Å²) in [5.74, 6) is 0. The molecule has 0 bridgehead atoms. The maximum atomic E-state index is 3.93. The number of rotatable bonds is 4. The third-order valence-electron chi connectivity index (χ3n) is 4.17. The Morgan fingerprint density at radius 1 is 0.739 bits per heavy atom. The zero-order valence-electron chi connectivity index (χ0n) is 12.8. The standard InChI is InChI=1S/C21H17NS/c1-22-14-16-8-6-15(7-9-16)12-17-10-11-19-18-4-2-3-5-20(18)23-21(19)13-17/h2-11,13H,1,12,14H2. The van der Waals surface area contributed by atoms with Crippen LogP contribution in [0.25, 0.3) is 20.2 Å². The lowest BCUT2D eigenvalue weighted by Crippen LogP contribution is -1.89. The predicted molar refractivity (Wildman–Crippen MR) is 102 cm³/mol. The highest BCUT2D eigenvalue weighted by Gasteiger charge is 2.05. The quantitative estimate of drug-likeness (QED) is 0.419. The van der Waals surface area contributed by atoms with Gasteiger partial charge in [-0.2, -0.15) is 0 Å². The Kier molecular flexibility index (Phi) is 3.68. The Bertz CT molecular complexity index is 980. The van der Waals surface area contributed by atoms with Crippen LogP contribution < -0.4 is 0 Å². The van der Waals surface area contributed by atoms with Gasteiger partial charge in [-0.1, -0.05) is 54.6 Å². The molecule has 0 aliphatic rings. The van der Waals surface area contributed by atoms with E-state index in [1.165, 1.54) is 36.9 Å². The van der Waals surface area contributed by atoms with Crippen LogP contribution in [0, 0.1) is 0 Å². The van der Waals surface area contributed by atoms with Gasteiger partial charge in [0.1, 0.15) is 0 Å². The average Bonchev–Trinajstić information content (AvgIpc) is 2.94. The summed E-state index contributed by atoms with van der Waals surface area (Å²) in [6, 6.07) is 24.1. The average molecular weight is 315 g/mol. The number of hydrogen-bond acceptors (Lipinski definition) is 2. The molecule has 112 valence electrons. The summed E-state index contributed by atoms with van der Waals surface area (Å²) < 4.78 is 2.73. The molecule has 0 aliphatic carbocycles. The molecule has 0 radical (unpaired) electrons. The number of aliphatic imine (C=N–C) groups is 1. The predicted octanol–water partition coefficient (Wildman–Crippen LogP) is 5.85. The van der Waals surface area contributed by atoms with Gasteiger partial charge in [0.15, 0.2) is 0 Å². The van der Waals surface area contributed by atoms with Crippen LogP contribution in [-0.4, -0.2) is 6.72 Å². The van der Waals surface area contributed by atoms with Crippen molar-refractivity contribution in [3.8, 4) is 0 Å². The van der Waals surface area contributed by atoms with Gasteiger partial charge in [0.25, 0.3) is 0 Å². The van der Waals surface area contributed by atoms with Crippen molar-refractivity contribution in [2.75, 3.05) is 0 Å². The second-order valence-electron chi connectivity index (χ2n) is 5.80. The molecule has 4 rings (SSSR count). The highest BCUT2D eigenvalue weighted by atomic mass is 32.1. The third kappa shape index (κ3) is 2.78. The van der Waals surface area contributed by atoms with Crippen molar-refractivity contribution in [1.29, 1.82) is 0 Å². The van der Waals surface area contributed by atoms with E-state index in [1.807, 2.05) is 11.3 Å². The van der Waals surface area contributed by atoms with E-state index in [-0.39, 0.29) is 0 Å². The molecule has 23 heavy (non-hydrogen) atoms. The van der Waals surface area contributed by atoms with Gasteiger partial charge in [-0.25, -0.2) is 0 Å². The Hall–Kier alpha value is -2.45. The number of fused-ring (bicyclic) bond motifs is 3. The fourth-order valence-corrected chi connectivity index (χ4v) is 4.18. The van der Waals surface area contributed by atoms with Crippen LogP contribution in [-0.2, 0) is 13.0 Å². The lowest BCUT2D eigenvalue weighted by atomic mass is 10.0. The van der Waals surface area contributed by atoms with Crippen molar-refractivity contribution in [3.63, 3.8) is 0 Å². The molecule has 0 saturated carbocycles. The summed E-state index contributed by atoms with van der Waals surface area (Å²) in [6.45, 7) is 4.23. The van der Waals surface area contributed by atoms with E-state index in [4.69, 9.17) is 0 Å². The molecule has 2 heteroatoms. The van der Waals surface area contributed by atoms with Crippen LogP contribution >= 0.6 is 11.3 Å². The molecule has 0 fully saturated rings. The maximum Gasteiger partial charge on any atom is 0.0632 e. The third-order valence-corrected chi connectivity index (χ3v) is 5.30. The molecule has 0 aliphatic heterocycles. The molecule has 1 nitrogen and oxygen atoms in total. The molecule has 0 saturated heterocycles. The number of benzene rings is 3. The molecular formula is C21H17NS. The lowest BCUT2D eigenvalue weighted by Gasteiger charge is -2.04. The van der Waals surface area contributed by atoms with Crippen LogP contribution in [0.15, 0.2) is 71.7 Å². The molecule has 3 aromatic carbocycles. The van der Waals surface area contributed by atoms with E-state index in [0.717, 1.165) is 6.42 Å². The van der Waals surface area contributed by atoms with Crippen molar-refractivity contribution in [2.24, 2.45) is 4.99 Å². The molecule has 1 heterocycles. The number of nitrogens with zero attached hydrogens (tertiary/aromatic N) is 1. The van der Waals surface area contributed by atoms with Gasteiger partial charge in [-0.3, -0.25) is 4.99 Å². The molecule has 0 amide bonds. The Balaban J connectivity index is 1.66. The number of thiophene rings is 1. The van der Waals surface area contributed by atoms with Crippen LogP contribution in [0.2, 0.25) is 0 Å². The first kappa shape index (κ1) is 14.2. The van der Waals surface area contributed by atoms with Crippen LogP contribution in [0.3, 0.4) is 0 Å². The summed E-state index contributed by atoms with van der Waals surface area (Å²) in [6.07, 6.45) is 0.964. The van der Waals surface area contributed by atoms with E-state index in [1.54, 1.807) is 0 Å². The number of hydrogen-bond donors (Lipinski definition) is 0. The zero-order valence-corrected chi connectivity index (χ0v) is 13.6. The molecular weight excluding hydrogens is 298 g/mol. The minimum Gasteiger partial charge on any atom is -0.296 e. The van der Waals surface area contributed by atoms with E-state index in [0.29, 0.717) is 6.54 Å². The minimum absolute atomic E-state index is 0.689. The highest BCUT2D eigenvalue weighted by molar-refractivity contribution is 7.25. The largest absolute Gasteiger partial charge is 0.296 e. The van der Waals surface area contributed by atoms with E-state index < -0.39 is 0 Å². The maximum absolute atomic E-state index is 3.93. The normalized spacial score (nSPS) is 11.1. The fourth-order valence-electron chi connectivity index (χ4n) is 3.01. The Labute approximate surface area is 139 Å². The molecule has 0 unspecified atom stereocenters. The van der Waals surface area contributed by atoms with Gasteiger partial charge in [-0.05, 0) is 42.0 Å². The molecule has 0 spiro atoms. The van der Waals surface area contributed by atoms with Crippen LogP contribution in [0.1, 0.15) is 16.7 Å². The first-order valence-electron chi connectivity index (χ1n) is 7.74. The zero-order chi connectivity index (χ0) is 15.6. The van der Waals surface area contributed by atoms with E-state index in [2.05, 4.69) is 78.4 Å². The highest BCUT2D eigenvalue weighted by Crippen LogP contribution is 2.34. The Morgan fingerprint density at radius 2 is 1.43 bits per heavy atom. The Morgan fingerprint density at radius 3 is 2.26 bits per heavy atom. The summed E-state index contributed by atoms with van der Waals surface area (Å²) in [5, 5.41) is 2.72. The van der Waals surface area contributed by atoms with Crippen molar-refractivity contribution < 1.29 is 0 Å². The molecule has 1 aromatic heterocycles. The smallest absolute Gasteiger partial charge is 0.0632 e. The summed E-state index contributed by atoms with van der Waals surface area (Å²) in [5.41, 5.74) is 3.90. The molecule has 0 N–H and O–H groups in total. The second kappa shape index (κ2) is 5.98. The lowest BCUT2D eigenvalue weighted by molar-refractivity contribution is 1.07. The second-order valence-corrected chi connectivity index (χ2v) is 6.89. The fraction of sp³-hybridized carbons (Fsp3) is 0.0952. The van der Waals surface area contributed by atoms with E-state index >= 15 is 0 Å². The van der Waals surface area contributed by atoms with Crippen LogP contribution in [0.4, 0.5) is 0 Å². The SMILES string of the molecule is C=NCc1ccc(Cc2ccc3c(c2)sc2ccccc23)cc1. The van der Waals surface area contributed by atoms with E-state index in [9.17, 15) is 0 Å². The van der Waals surface area contributed by atoms with Crippen molar-refractivity contribution in [1.82, 2.24) is 0 Å². The first-order chi connectivity index (χ1) is 11.3. The molecule has 4 aromatic rings. The van der Waals surface area contributed by atoms with Crippen LogP contribution in [0.5, 0.6) is 0 Å². The first-order valence-corrected chi connectivity index (χ1v) is 8.55. The minimum atomic E-state index is 0.689. The van der Waals surface area contributed by atoms with Gasteiger partial charge in [0.2, 0.25) is 0 Å². The van der Waals surface area contributed by atoms with Crippen molar-refractivity contribution in [2.45, 2.75) is 13.0 Å². The molecule has 0 atom stereocenters. The monoisotopic (exact) mass is 315 g/mol. The van der Waals surface area contributed by atoms with Gasteiger partial charge < -0.3 is 0 Å². The van der Waals surface area contributed by atoms with Gasteiger partial charge in [0, 0.05) is 20.2 Å². The van der Waals surface area contributed by atoms with Gasteiger partial charge in [-0.15, -0.1) is 11.3 Å². The van der Waals surface area contributed by atoms with Gasteiger partial charge in [0.05, 0.1) is 6.54 Å². The summed E-state index contributed by atoms with van der Waals surface area (Å²) in [4.78, 5) is 3.93.